The van der Waals surface area contributed by atoms with E-state index in [-0.39, 0.29) is 12.0 Å². The molecular formula is C11H14N2O3S. The van der Waals surface area contributed by atoms with Crippen molar-refractivity contribution < 1.29 is 14.4 Å². The summed E-state index contributed by atoms with van der Waals surface area (Å²) in [6.07, 6.45) is 2.79. The van der Waals surface area contributed by atoms with E-state index in [2.05, 4.69) is 15.3 Å². The number of nitrogens with one attached hydrogen (secondary N) is 1. The van der Waals surface area contributed by atoms with Gasteiger partial charge < -0.3 is 4.74 Å². The Morgan fingerprint density at radius 1 is 1.65 bits per heavy atom. The normalized spacial score (nSPS) is 19.0. The quantitative estimate of drug-likeness (QED) is 0.820. The van der Waals surface area contributed by atoms with Crippen LogP contribution in [0.25, 0.3) is 0 Å². The van der Waals surface area contributed by atoms with E-state index in [4.69, 9.17) is 4.74 Å². The second-order valence-corrected chi connectivity index (χ2v) is 4.77. The Morgan fingerprint density at radius 3 is 3.24 bits per heavy atom. The highest BCUT2D eigenvalue weighted by Crippen LogP contribution is 2.22. The van der Waals surface area contributed by atoms with Gasteiger partial charge in [-0.05, 0) is 18.2 Å². The number of aromatic nitrogens is 1. The molecule has 0 aliphatic carbocycles. The van der Waals surface area contributed by atoms with Crippen LogP contribution in [-0.4, -0.2) is 35.6 Å². The van der Waals surface area contributed by atoms with Crippen LogP contribution >= 0.6 is 11.8 Å². The second-order valence-electron chi connectivity index (χ2n) is 3.62. The van der Waals surface area contributed by atoms with Crippen molar-refractivity contribution in [3.8, 4) is 5.88 Å². The van der Waals surface area contributed by atoms with Crippen molar-refractivity contribution >= 4 is 17.7 Å². The van der Waals surface area contributed by atoms with Gasteiger partial charge in [-0.25, -0.2) is 10.5 Å². The van der Waals surface area contributed by atoms with Crippen LogP contribution < -0.4 is 10.2 Å². The third-order valence-corrected chi connectivity index (χ3v) is 3.50. The minimum atomic E-state index is -0.305. The number of hydrogen-bond acceptors (Lipinski definition) is 5. The van der Waals surface area contributed by atoms with Crippen LogP contribution in [0.2, 0.25) is 0 Å². The Hall–Kier alpha value is -1.27. The Kier molecular flexibility index (Phi) is 4.22. The number of carbonyl (C=O) groups is 1. The number of carbonyl (C=O) groups excluding carboxylic acids is 1. The molecule has 1 fully saturated rings. The van der Waals surface area contributed by atoms with Crippen LogP contribution in [0.15, 0.2) is 18.3 Å². The SMILES string of the molecule is CONC(=O)c1ccnc(O[C@H]2CCSC2)c1. The summed E-state index contributed by atoms with van der Waals surface area (Å²) in [6, 6.07) is 3.24. The summed E-state index contributed by atoms with van der Waals surface area (Å²) in [5, 5.41) is 0. The van der Waals surface area contributed by atoms with Crippen molar-refractivity contribution in [3.05, 3.63) is 23.9 Å². The van der Waals surface area contributed by atoms with Gasteiger partial charge in [-0.1, -0.05) is 0 Å². The molecule has 1 aliphatic rings. The zero-order valence-electron chi connectivity index (χ0n) is 9.51. The number of rotatable bonds is 4. The van der Waals surface area contributed by atoms with Crippen molar-refractivity contribution in [2.24, 2.45) is 0 Å². The number of thioether (sulfide) groups is 1. The van der Waals surface area contributed by atoms with E-state index in [0.29, 0.717) is 11.4 Å². The minimum Gasteiger partial charge on any atom is -0.473 e. The average Bonchev–Trinajstić information content (AvgIpc) is 2.82. The molecule has 0 bridgehead atoms. The van der Waals surface area contributed by atoms with Crippen molar-refractivity contribution in [3.63, 3.8) is 0 Å². The highest BCUT2D eigenvalue weighted by Gasteiger charge is 2.18. The smallest absolute Gasteiger partial charge is 0.275 e. The molecule has 0 radical (unpaired) electrons. The first-order valence-corrected chi connectivity index (χ1v) is 6.49. The number of hydrogen-bond donors (Lipinski definition) is 1. The molecule has 0 spiro atoms. The molecule has 5 nitrogen and oxygen atoms in total. The first-order chi connectivity index (χ1) is 8.29. The average molecular weight is 254 g/mol. The summed E-state index contributed by atoms with van der Waals surface area (Å²) in [4.78, 5) is 20.2. The fourth-order valence-electron chi connectivity index (χ4n) is 1.54. The number of amides is 1. The van der Waals surface area contributed by atoms with Gasteiger partial charge in [0, 0.05) is 23.6 Å². The molecule has 2 rings (SSSR count). The zero-order valence-corrected chi connectivity index (χ0v) is 10.3. The fourth-order valence-corrected chi connectivity index (χ4v) is 2.64. The monoisotopic (exact) mass is 254 g/mol. The van der Waals surface area contributed by atoms with Crippen molar-refractivity contribution in [2.75, 3.05) is 18.6 Å². The molecule has 2 heterocycles. The largest absolute Gasteiger partial charge is 0.473 e. The summed E-state index contributed by atoms with van der Waals surface area (Å²) in [7, 11) is 1.40. The van der Waals surface area contributed by atoms with Gasteiger partial charge in [-0.15, -0.1) is 0 Å². The standard InChI is InChI=1S/C11H14N2O3S/c1-15-13-11(14)8-2-4-12-10(6-8)16-9-3-5-17-7-9/h2,4,6,9H,3,5,7H2,1H3,(H,13,14)/t9-/m0/s1. The highest BCUT2D eigenvalue weighted by atomic mass is 32.2. The molecule has 92 valence electrons. The Balaban J connectivity index is 2.02. The van der Waals surface area contributed by atoms with Crippen LogP contribution in [0, 0.1) is 0 Å². The minimum absolute atomic E-state index is 0.202. The van der Waals surface area contributed by atoms with Gasteiger partial charge in [0.1, 0.15) is 6.10 Å². The molecule has 6 heteroatoms. The third kappa shape index (κ3) is 3.34. The molecule has 1 aromatic heterocycles. The van der Waals surface area contributed by atoms with Gasteiger partial charge in [0.25, 0.3) is 5.91 Å². The van der Waals surface area contributed by atoms with E-state index >= 15 is 0 Å². The molecule has 0 unspecified atom stereocenters. The molecule has 1 amide bonds. The van der Waals surface area contributed by atoms with E-state index in [1.807, 2.05) is 11.8 Å². The topological polar surface area (TPSA) is 60.5 Å². The van der Waals surface area contributed by atoms with Gasteiger partial charge in [0.15, 0.2) is 0 Å². The van der Waals surface area contributed by atoms with E-state index in [0.717, 1.165) is 17.9 Å². The maximum Gasteiger partial charge on any atom is 0.275 e. The highest BCUT2D eigenvalue weighted by molar-refractivity contribution is 7.99. The van der Waals surface area contributed by atoms with Gasteiger partial charge >= 0.3 is 0 Å². The molecule has 0 aromatic carbocycles. The van der Waals surface area contributed by atoms with Crippen LogP contribution in [0.4, 0.5) is 0 Å². The van der Waals surface area contributed by atoms with E-state index in [1.165, 1.54) is 7.11 Å². The van der Waals surface area contributed by atoms with Crippen molar-refractivity contribution in [1.82, 2.24) is 10.5 Å². The number of hydroxylamine groups is 1. The maximum absolute atomic E-state index is 11.5. The summed E-state index contributed by atoms with van der Waals surface area (Å²) in [5.74, 6) is 2.28. The van der Waals surface area contributed by atoms with Crippen molar-refractivity contribution in [2.45, 2.75) is 12.5 Å². The number of ether oxygens (including phenoxy) is 1. The molecule has 1 aliphatic heterocycles. The molecule has 17 heavy (non-hydrogen) atoms. The van der Waals surface area contributed by atoms with E-state index in [1.54, 1.807) is 18.3 Å². The first-order valence-electron chi connectivity index (χ1n) is 5.33. The van der Waals surface area contributed by atoms with Crippen molar-refractivity contribution in [1.29, 1.82) is 0 Å². The Labute approximate surface area is 104 Å². The lowest BCUT2D eigenvalue weighted by atomic mass is 10.2. The zero-order chi connectivity index (χ0) is 12.1. The third-order valence-electron chi connectivity index (χ3n) is 2.37. The molecule has 1 N–H and O–H groups in total. The summed E-state index contributed by atoms with van der Waals surface area (Å²) in [6.45, 7) is 0. The van der Waals surface area contributed by atoms with Gasteiger partial charge in [0.2, 0.25) is 5.88 Å². The lowest BCUT2D eigenvalue weighted by Gasteiger charge is -2.11. The molecule has 1 saturated heterocycles. The summed E-state index contributed by atoms with van der Waals surface area (Å²) in [5.41, 5.74) is 2.73. The second kappa shape index (κ2) is 5.88. The molecular weight excluding hydrogens is 240 g/mol. The summed E-state index contributed by atoms with van der Waals surface area (Å²) >= 11 is 1.87. The van der Waals surface area contributed by atoms with Gasteiger partial charge in [-0.3, -0.25) is 9.63 Å². The van der Waals surface area contributed by atoms with Crippen LogP contribution in [0.5, 0.6) is 5.88 Å². The number of pyridine rings is 1. The predicted molar refractivity (Wildman–Crippen MR) is 65.1 cm³/mol. The van der Waals surface area contributed by atoms with E-state index in [9.17, 15) is 4.79 Å². The lowest BCUT2D eigenvalue weighted by molar-refractivity contribution is 0.0537. The number of nitrogens with zero attached hydrogens (tertiary/aromatic N) is 1. The lowest BCUT2D eigenvalue weighted by Crippen LogP contribution is -2.22. The Morgan fingerprint density at radius 2 is 2.53 bits per heavy atom. The molecule has 1 atom stereocenters. The fraction of sp³-hybridized carbons (Fsp3) is 0.455. The molecule has 1 aromatic rings. The van der Waals surface area contributed by atoms with Crippen LogP contribution in [0.3, 0.4) is 0 Å². The molecule has 0 saturated carbocycles. The van der Waals surface area contributed by atoms with Crippen LogP contribution in [0.1, 0.15) is 16.8 Å². The summed E-state index contributed by atoms with van der Waals surface area (Å²) < 4.78 is 5.69. The van der Waals surface area contributed by atoms with E-state index < -0.39 is 0 Å². The van der Waals surface area contributed by atoms with Gasteiger partial charge in [0.05, 0.1) is 7.11 Å². The van der Waals surface area contributed by atoms with Gasteiger partial charge in [-0.2, -0.15) is 11.8 Å². The maximum atomic E-state index is 11.5. The van der Waals surface area contributed by atoms with Crippen LogP contribution in [-0.2, 0) is 4.84 Å². The Bertz CT molecular complexity index is 394. The first kappa shape index (κ1) is 12.2. The predicted octanol–water partition coefficient (Wildman–Crippen LogP) is 1.26.